The molecule has 1 heterocycles. The molecule has 0 aromatic carbocycles. The molecule has 0 radical (unpaired) electrons. The first kappa shape index (κ1) is 28.9. The minimum absolute atomic E-state index is 0.0449. The smallest absolute Gasteiger partial charge is 0.326 e. The van der Waals surface area contributed by atoms with Gasteiger partial charge >= 0.3 is 5.97 Å². The highest BCUT2D eigenvalue weighted by Crippen LogP contribution is 2.06. The summed E-state index contributed by atoms with van der Waals surface area (Å²) in [6.07, 6.45) is 2.90. The Balaban J connectivity index is 2.91. The normalized spacial score (nSPS) is 14.5. The van der Waals surface area contributed by atoms with Crippen molar-refractivity contribution in [2.24, 2.45) is 17.4 Å². The highest BCUT2D eigenvalue weighted by molar-refractivity contribution is 7.80. The number of carbonyl (C=O) groups excluding carboxylic acids is 4. The zero-order chi connectivity index (χ0) is 25.8. The van der Waals surface area contributed by atoms with Crippen molar-refractivity contribution < 1.29 is 29.1 Å². The number of carboxylic acid groups (broad SMARTS) is 1. The van der Waals surface area contributed by atoms with Gasteiger partial charge < -0.3 is 37.5 Å². The molecule has 1 aromatic rings. The van der Waals surface area contributed by atoms with Gasteiger partial charge in [0.25, 0.3) is 0 Å². The van der Waals surface area contributed by atoms with E-state index in [1.165, 1.54) is 12.5 Å². The average molecular weight is 500 g/mol. The maximum absolute atomic E-state index is 13.0. The van der Waals surface area contributed by atoms with E-state index >= 15 is 0 Å². The zero-order valence-corrected chi connectivity index (χ0v) is 20.0. The van der Waals surface area contributed by atoms with Gasteiger partial charge in [-0.1, -0.05) is 13.8 Å². The number of H-pyrrole nitrogens is 1. The van der Waals surface area contributed by atoms with Crippen LogP contribution < -0.4 is 27.4 Å². The quantitative estimate of drug-likeness (QED) is 0.126. The van der Waals surface area contributed by atoms with Crippen LogP contribution >= 0.6 is 12.6 Å². The third-order valence-electron chi connectivity index (χ3n) is 4.78. The predicted octanol–water partition coefficient (Wildman–Crippen LogP) is -1.94. The van der Waals surface area contributed by atoms with E-state index in [4.69, 9.17) is 11.5 Å². The minimum Gasteiger partial charge on any atom is -0.480 e. The monoisotopic (exact) mass is 499 g/mol. The molecule has 0 fully saturated rings. The Kier molecular flexibility index (Phi) is 12.1. The Labute approximate surface area is 202 Å². The van der Waals surface area contributed by atoms with Crippen molar-refractivity contribution in [1.29, 1.82) is 0 Å². The molecule has 0 aliphatic heterocycles. The molecular formula is C20H33N7O6S. The van der Waals surface area contributed by atoms with E-state index < -0.39 is 53.8 Å². The van der Waals surface area contributed by atoms with Gasteiger partial charge in [0.2, 0.25) is 23.6 Å². The summed E-state index contributed by atoms with van der Waals surface area (Å²) in [5, 5.41) is 16.6. The van der Waals surface area contributed by atoms with Crippen molar-refractivity contribution in [2.75, 3.05) is 5.75 Å². The van der Waals surface area contributed by atoms with E-state index in [1.54, 1.807) is 0 Å². The predicted molar refractivity (Wildman–Crippen MR) is 125 cm³/mol. The lowest BCUT2D eigenvalue weighted by molar-refractivity contribution is -0.142. The molecular weight excluding hydrogens is 466 g/mol. The van der Waals surface area contributed by atoms with Gasteiger partial charge in [-0.25, -0.2) is 9.78 Å². The number of nitrogens with one attached hydrogen (secondary N) is 4. The third kappa shape index (κ3) is 10.2. The number of hydrogen-bond donors (Lipinski definition) is 8. The van der Waals surface area contributed by atoms with Gasteiger partial charge in [-0.05, 0) is 18.8 Å². The molecule has 14 heteroatoms. The number of nitrogens with two attached hydrogens (primary N) is 2. The summed E-state index contributed by atoms with van der Waals surface area (Å²) in [7, 11) is 0. The molecule has 0 aliphatic rings. The van der Waals surface area contributed by atoms with Gasteiger partial charge in [0, 0.05) is 30.5 Å². The van der Waals surface area contributed by atoms with Crippen LogP contribution in [0.5, 0.6) is 0 Å². The van der Waals surface area contributed by atoms with Crippen molar-refractivity contribution in [3.8, 4) is 0 Å². The number of rotatable bonds is 15. The van der Waals surface area contributed by atoms with E-state index in [0.717, 1.165) is 0 Å². The number of amides is 4. The molecule has 0 bridgehead atoms. The number of nitrogens with zero attached hydrogens (tertiary/aromatic N) is 1. The van der Waals surface area contributed by atoms with Gasteiger partial charge in [0.15, 0.2) is 0 Å². The Morgan fingerprint density at radius 3 is 2.15 bits per heavy atom. The van der Waals surface area contributed by atoms with E-state index in [2.05, 4.69) is 38.5 Å². The third-order valence-corrected chi connectivity index (χ3v) is 5.15. The number of hydrogen-bond acceptors (Lipinski definition) is 8. The Morgan fingerprint density at radius 1 is 1.06 bits per heavy atom. The molecule has 34 heavy (non-hydrogen) atoms. The molecule has 4 unspecified atom stereocenters. The molecule has 0 spiro atoms. The van der Waals surface area contributed by atoms with Crippen LogP contribution in [0, 0.1) is 5.92 Å². The van der Waals surface area contributed by atoms with Crippen molar-refractivity contribution >= 4 is 42.2 Å². The second-order valence-corrected chi connectivity index (χ2v) is 8.59. The summed E-state index contributed by atoms with van der Waals surface area (Å²) in [5.74, 6) is -4.11. The lowest BCUT2D eigenvalue weighted by atomic mass is 10.0. The van der Waals surface area contributed by atoms with Crippen LogP contribution in [0.25, 0.3) is 0 Å². The van der Waals surface area contributed by atoms with Crippen LogP contribution in [0.15, 0.2) is 12.5 Å². The molecule has 9 N–H and O–H groups in total. The molecule has 0 saturated carbocycles. The summed E-state index contributed by atoms with van der Waals surface area (Å²) >= 11 is 4.07. The van der Waals surface area contributed by atoms with Crippen molar-refractivity contribution in [2.45, 2.75) is 63.7 Å². The molecule has 4 amide bonds. The first-order valence-corrected chi connectivity index (χ1v) is 11.3. The highest BCUT2D eigenvalue weighted by Gasteiger charge is 2.30. The second kappa shape index (κ2) is 14.2. The van der Waals surface area contributed by atoms with Gasteiger partial charge in [-0.15, -0.1) is 0 Å². The lowest BCUT2D eigenvalue weighted by Crippen LogP contribution is -2.58. The van der Waals surface area contributed by atoms with E-state index in [9.17, 15) is 29.1 Å². The van der Waals surface area contributed by atoms with E-state index in [1.807, 2.05) is 13.8 Å². The fraction of sp³-hybridized carbons (Fsp3) is 0.600. The first-order chi connectivity index (χ1) is 15.9. The summed E-state index contributed by atoms with van der Waals surface area (Å²) < 4.78 is 0. The van der Waals surface area contributed by atoms with Crippen LogP contribution in [0.4, 0.5) is 0 Å². The first-order valence-electron chi connectivity index (χ1n) is 10.7. The molecule has 190 valence electrons. The molecule has 4 atom stereocenters. The topological polar surface area (TPSA) is 222 Å². The maximum Gasteiger partial charge on any atom is 0.326 e. The molecule has 1 aromatic heterocycles. The van der Waals surface area contributed by atoms with Crippen LogP contribution in [0.2, 0.25) is 0 Å². The van der Waals surface area contributed by atoms with Crippen LogP contribution in [-0.4, -0.2) is 74.6 Å². The van der Waals surface area contributed by atoms with Gasteiger partial charge in [0.05, 0.1) is 12.4 Å². The number of aliphatic carboxylic acids is 1. The van der Waals surface area contributed by atoms with Gasteiger partial charge in [-0.3, -0.25) is 19.2 Å². The number of carbonyl (C=O) groups is 5. The second-order valence-electron chi connectivity index (χ2n) is 8.23. The summed E-state index contributed by atoms with van der Waals surface area (Å²) in [6.45, 7) is 3.82. The summed E-state index contributed by atoms with van der Waals surface area (Å²) in [5.41, 5.74) is 11.5. The maximum atomic E-state index is 13.0. The number of aromatic nitrogens is 2. The Morgan fingerprint density at radius 2 is 1.65 bits per heavy atom. The largest absolute Gasteiger partial charge is 0.480 e. The SMILES string of the molecule is CC(C)CC(N)C(=O)NC(Cc1cnc[nH]1)C(=O)NC(CS)C(=O)NC(CCC(N)=O)C(=O)O. The fourth-order valence-electron chi connectivity index (χ4n) is 3.00. The van der Waals surface area contributed by atoms with Gasteiger partial charge in [-0.2, -0.15) is 12.6 Å². The Bertz CT molecular complexity index is 848. The van der Waals surface area contributed by atoms with E-state index in [0.29, 0.717) is 12.1 Å². The zero-order valence-electron chi connectivity index (χ0n) is 19.1. The minimum atomic E-state index is -1.38. The molecule has 0 aliphatic carbocycles. The number of imidazole rings is 1. The van der Waals surface area contributed by atoms with Gasteiger partial charge in [0.1, 0.15) is 18.1 Å². The molecule has 0 saturated heterocycles. The van der Waals surface area contributed by atoms with Crippen molar-refractivity contribution in [1.82, 2.24) is 25.9 Å². The molecule has 13 nitrogen and oxygen atoms in total. The standard InChI is InChI=1S/C20H33N7O6S/c1-10(2)5-12(21)17(29)26-14(6-11-7-23-9-24-11)18(30)27-15(8-34)19(31)25-13(20(32)33)3-4-16(22)28/h7,9-10,12-15,34H,3-6,8,21H2,1-2H3,(H2,22,28)(H,23,24)(H,25,31)(H,26,29)(H,27,30)(H,32,33). The van der Waals surface area contributed by atoms with Crippen LogP contribution in [-0.2, 0) is 30.4 Å². The lowest BCUT2D eigenvalue weighted by Gasteiger charge is -2.24. The number of carboxylic acids is 1. The number of thiol groups is 1. The molecule has 1 rings (SSSR count). The fourth-order valence-corrected chi connectivity index (χ4v) is 3.26. The summed E-state index contributed by atoms with van der Waals surface area (Å²) in [6, 6.07) is -4.51. The summed E-state index contributed by atoms with van der Waals surface area (Å²) in [4.78, 5) is 67.1. The van der Waals surface area contributed by atoms with Crippen LogP contribution in [0.1, 0.15) is 38.8 Å². The van der Waals surface area contributed by atoms with E-state index in [-0.39, 0.29) is 30.9 Å². The number of aromatic amines is 1. The van der Waals surface area contributed by atoms with Crippen LogP contribution in [0.3, 0.4) is 0 Å². The number of primary amides is 1. The highest BCUT2D eigenvalue weighted by atomic mass is 32.1. The van der Waals surface area contributed by atoms with Crippen molar-refractivity contribution in [3.63, 3.8) is 0 Å². The Hall–Kier alpha value is -3.13. The average Bonchev–Trinajstić information content (AvgIpc) is 3.26. The van der Waals surface area contributed by atoms with Crippen molar-refractivity contribution in [3.05, 3.63) is 18.2 Å².